The van der Waals surface area contributed by atoms with Gasteiger partial charge in [0, 0.05) is 4.90 Å². The molecule has 0 bridgehead atoms. The Morgan fingerprint density at radius 3 is 2.44 bits per heavy atom. The van der Waals surface area contributed by atoms with Gasteiger partial charge in [0.25, 0.3) is 0 Å². The van der Waals surface area contributed by atoms with Crippen LogP contribution in [0.15, 0.2) is 39.7 Å². The fraction of sp³-hybridized carbons (Fsp3) is 0.250. The minimum atomic E-state index is 0.578. The Labute approximate surface area is 104 Å². The third-order valence-electron chi connectivity index (χ3n) is 2.25. The summed E-state index contributed by atoms with van der Waals surface area (Å²) in [5.74, 6) is 0.578. The number of nitrogens with zero attached hydrogens (tertiary/aromatic N) is 1. The van der Waals surface area contributed by atoms with Gasteiger partial charge in [0.15, 0.2) is 4.34 Å². The third kappa shape index (κ3) is 2.77. The van der Waals surface area contributed by atoms with Crippen molar-refractivity contribution in [2.45, 2.75) is 29.0 Å². The van der Waals surface area contributed by atoms with Crippen molar-refractivity contribution >= 4 is 28.1 Å². The fourth-order valence-electron chi connectivity index (χ4n) is 1.34. The molecule has 0 unspecified atom stereocenters. The summed E-state index contributed by atoms with van der Waals surface area (Å²) in [7, 11) is 0. The van der Waals surface area contributed by atoms with E-state index in [1.807, 2.05) is 0 Å². The Balaban J connectivity index is 2.11. The molecule has 0 aliphatic carbocycles. The normalized spacial score (nSPS) is 10.9. The zero-order valence-corrected chi connectivity index (χ0v) is 10.9. The number of anilines is 1. The predicted octanol–water partition coefficient (Wildman–Crippen LogP) is 4.00. The molecule has 2 nitrogen and oxygen atoms in total. The molecule has 0 spiro atoms. The molecule has 0 radical (unpaired) electrons. The number of hydrogen-bond acceptors (Lipinski definition) is 4. The summed E-state index contributed by atoms with van der Waals surface area (Å²) in [4.78, 5) is 5.43. The van der Waals surface area contributed by atoms with Gasteiger partial charge in [-0.3, -0.25) is 0 Å². The molecule has 0 saturated heterocycles. The molecule has 2 N–H and O–H groups in total. The maximum absolute atomic E-state index is 5.64. The van der Waals surface area contributed by atoms with E-state index in [2.05, 4.69) is 43.1 Å². The highest BCUT2D eigenvalue weighted by Crippen LogP contribution is 2.32. The van der Waals surface area contributed by atoms with Crippen molar-refractivity contribution in [3.8, 4) is 0 Å². The monoisotopic (exact) mass is 250 g/mol. The molecule has 0 atom stereocenters. The van der Waals surface area contributed by atoms with E-state index in [9.17, 15) is 0 Å². The van der Waals surface area contributed by atoms with Crippen molar-refractivity contribution < 1.29 is 0 Å². The minimum absolute atomic E-state index is 0.578. The average molecular weight is 250 g/mol. The van der Waals surface area contributed by atoms with Gasteiger partial charge in [0.1, 0.15) is 5.00 Å². The predicted molar refractivity (Wildman–Crippen MR) is 71.2 cm³/mol. The molecule has 0 saturated carbocycles. The topological polar surface area (TPSA) is 38.9 Å². The quantitative estimate of drug-likeness (QED) is 0.895. The van der Waals surface area contributed by atoms with E-state index in [0.717, 1.165) is 9.34 Å². The maximum atomic E-state index is 5.64. The number of benzene rings is 1. The van der Waals surface area contributed by atoms with Crippen molar-refractivity contribution in [2.24, 2.45) is 0 Å². The standard InChI is InChI=1S/C12H14N2S2/c1-8(2)9-3-5-10(6-4-9)15-12-14-7-11(13)16-12/h3-8H,13H2,1-2H3. The molecule has 0 aliphatic heterocycles. The van der Waals surface area contributed by atoms with Gasteiger partial charge in [-0.25, -0.2) is 4.98 Å². The van der Waals surface area contributed by atoms with Crippen LogP contribution in [-0.2, 0) is 0 Å². The fourth-order valence-corrected chi connectivity index (χ4v) is 3.07. The van der Waals surface area contributed by atoms with Crippen molar-refractivity contribution in [1.82, 2.24) is 4.98 Å². The van der Waals surface area contributed by atoms with E-state index < -0.39 is 0 Å². The van der Waals surface area contributed by atoms with Crippen molar-refractivity contribution in [2.75, 3.05) is 5.73 Å². The summed E-state index contributed by atoms with van der Waals surface area (Å²) < 4.78 is 0.995. The van der Waals surface area contributed by atoms with Gasteiger partial charge in [-0.1, -0.05) is 49.1 Å². The average Bonchev–Trinajstić information content (AvgIpc) is 2.65. The number of nitrogens with two attached hydrogens (primary N) is 1. The van der Waals surface area contributed by atoms with E-state index in [4.69, 9.17) is 5.73 Å². The molecule has 1 heterocycles. The van der Waals surface area contributed by atoms with E-state index >= 15 is 0 Å². The first-order valence-electron chi connectivity index (χ1n) is 5.14. The molecule has 1 aromatic carbocycles. The first-order valence-corrected chi connectivity index (χ1v) is 6.77. The molecular formula is C12H14N2S2. The first-order chi connectivity index (χ1) is 7.65. The summed E-state index contributed by atoms with van der Waals surface area (Å²) in [6, 6.07) is 8.61. The molecule has 0 amide bonds. The Hall–Kier alpha value is -1.00. The van der Waals surface area contributed by atoms with Gasteiger partial charge >= 0.3 is 0 Å². The van der Waals surface area contributed by atoms with E-state index in [1.54, 1.807) is 18.0 Å². The highest BCUT2D eigenvalue weighted by molar-refractivity contribution is 8.01. The summed E-state index contributed by atoms with van der Waals surface area (Å²) in [5.41, 5.74) is 7.00. The maximum Gasteiger partial charge on any atom is 0.156 e. The summed E-state index contributed by atoms with van der Waals surface area (Å²) >= 11 is 3.18. The molecule has 0 aliphatic rings. The Bertz CT molecular complexity index is 460. The van der Waals surface area contributed by atoms with Gasteiger partial charge in [0.05, 0.1) is 6.20 Å². The summed E-state index contributed by atoms with van der Waals surface area (Å²) in [5, 5.41) is 0.765. The highest BCUT2D eigenvalue weighted by atomic mass is 32.2. The second-order valence-electron chi connectivity index (χ2n) is 3.85. The molecule has 2 rings (SSSR count). The van der Waals surface area contributed by atoms with Gasteiger partial charge in [-0.05, 0) is 23.6 Å². The molecule has 84 valence electrons. The zero-order chi connectivity index (χ0) is 11.5. The van der Waals surface area contributed by atoms with Crippen LogP contribution in [0.5, 0.6) is 0 Å². The zero-order valence-electron chi connectivity index (χ0n) is 9.31. The second-order valence-corrected chi connectivity index (χ2v) is 6.24. The number of rotatable bonds is 3. The van der Waals surface area contributed by atoms with Gasteiger partial charge in [-0.15, -0.1) is 0 Å². The van der Waals surface area contributed by atoms with E-state index in [1.165, 1.54) is 21.8 Å². The van der Waals surface area contributed by atoms with Crippen molar-refractivity contribution in [3.05, 3.63) is 36.0 Å². The largest absolute Gasteiger partial charge is 0.389 e. The lowest BCUT2D eigenvalue weighted by atomic mass is 10.0. The van der Waals surface area contributed by atoms with E-state index in [-0.39, 0.29) is 0 Å². The summed E-state index contributed by atoms with van der Waals surface area (Å²) in [6.45, 7) is 4.40. The molecule has 1 aromatic heterocycles. The Morgan fingerprint density at radius 2 is 1.94 bits per heavy atom. The molecule has 2 aromatic rings. The number of aromatic nitrogens is 1. The highest BCUT2D eigenvalue weighted by Gasteiger charge is 2.03. The smallest absolute Gasteiger partial charge is 0.156 e. The first kappa shape index (κ1) is 11.5. The minimum Gasteiger partial charge on any atom is -0.389 e. The number of hydrogen-bond donors (Lipinski definition) is 1. The molecule has 16 heavy (non-hydrogen) atoms. The van der Waals surface area contributed by atoms with Crippen molar-refractivity contribution in [3.63, 3.8) is 0 Å². The third-order valence-corrected chi connectivity index (χ3v) is 4.16. The van der Waals surface area contributed by atoms with Crippen LogP contribution in [0.1, 0.15) is 25.3 Å². The lowest BCUT2D eigenvalue weighted by Gasteiger charge is -2.05. The second kappa shape index (κ2) is 4.89. The van der Waals surface area contributed by atoms with Crippen LogP contribution in [-0.4, -0.2) is 4.98 Å². The van der Waals surface area contributed by atoms with Crippen LogP contribution in [0.25, 0.3) is 0 Å². The summed E-state index contributed by atoms with van der Waals surface area (Å²) in [6.07, 6.45) is 1.70. The molecule has 0 fully saturated rings. The van der Waals surface area contributed by atoms with E-state index in [0.29, 0.717) is 5.92 Å². The van der Waals surface area contributed by atoms with Gasteiger partial charge in [-0.2, -0.15) is 0 Å². The number of nitrogen functional groups attached to an aromatic ring is 1. The Kier molecular flexibility index (Phi) is 3.51. The van der Waals surface area contributed by atoms with Gasteiger partial charge in [0.2, 0.25) is 0 Å². The molecule has 4 heteroatoms. The lowest BCUT2D eigenvalue weighted by Crippen LogP contribution is -1.85. The van der Waals surface area contributed by atoms with Crippen molar-refractivity contribution in [1.29, 1.82) is 0 Å². The van der Waals surface area contributed by atoms with Crippen LogP contribution in [0.3, 0.4) is 0 Å². The van der Waals surface area contributed by atoms with Crippen LogP contribution in [0.4, 0.5) is 5.00 Å². The van der Waals surface area contributed by atoms with Crippen LogP contribution in [0.2, 0.25) is 0 Å². The SMILES string of the molecule is CC(C)c1ccc(Sc2ncc(N)s2)cc1. The van der Waals surface area contributed by atoms with Crippen LogP contribution in [0, 0.1) is 0 Å². The molecular weight excluding hydrogens is 236 g/mol. The van der Waals surface area contributed by atoms with Gasteiger partial charge < -0.3 is 5.73 Å². The lowest BCUT2D eigenvalue weighted by molar-refractivity contribution is 0.865. The number of thiazole rings is 1. The Morgan fingerprint density at radius 1 is 1.25 bits per heavy atom. The van der Waals surface area contributed by atoms with Crippen LogP contribution >= 0.6 is 23.1 Å². The van der Waals surface area contributed by atoms with Crippen LogP contribution < -0.4 is 5.73 Å².